The quantitative estimate of drug-likeness (QED) is 0.370. The molecule has 25 heavy (non-hydrogen) atoms. The van der Waals surface area contributed by atoms with Crippen LogP contribution >= 0.6 is 11.6 Å². The highest BCUT2D eigenvalue weighted by atomic mass is 35.5. The molecule has 0 aliphatic carbocycles. The van der Waals surface area contributed by atoms with Crippen molar-refractivity contribution in [1.29, 1.82) is 0 Å². The van der Waals surface area contributed by atoms with E-state index < -0.39 is 0 Å². The van der Waals surface area contributed by atoms with Crippen molar-refractivity contribution >= 4 is 34.5 Å². The highest BCUT2D eigenvalue weighted by Crippen LogP contribution is 2.23. The molecule has 1 heterocycles. The molecule has 0 aliphatic rings. The Labute approximate surface area is 152 Å². The van der Waals surface area contributed by atoms with E-state index in [2.05, 4.69) is 4.98 Å². The summed E-state index contributed by atoms with van der Waals surface area (Å²) in [4.78, 5) is 15.0. The summed E-state index contributed by atoms with van der Waals surface area (Å²) in [6.07, 6.45) is 6.82. The molecule has 0 fully saturated rings. The number of hydrogen-bond donors (Lipinski definition) is 1. The molecule has 0 unspecified atom stereocenters. The second-order valence-corrected chi connectivity index (χ2v) is 6.46. The van der Waals surface area contributed by atoms with Crippen molar-refractivity contribution in [2.24, 2.45) is 0 Å². The van der Waals surface area contributed by atoms with Gasteiger partial charge in [-0.15, -0.1) is 0 Å². The van der Waals surface area contributed by atoms with Crippen LogP contribution in [0.5, 0.6) is 0 Å². The predicted octanol–water partition coefficient (Wildman–Crippen LogP) is 5.32. The topological polar surface area (TPSA) is 42.1 Å². The number of carbonyl (C=O) groups excluding carboxylic acids is 1. The number of aryl methyl sites for hydroxylation is 2. The van der Waals surface area contributed by atoms with E-state index in [1.165, 1.54) is 17.2 Å². The molecular formula is C21H20ClNO2. The van der Waals surface area contributed by atoms with Gasteiger partial charge in [0.15, 0.2) is 0 Å². The van der Waals surface area contributed by atoms with E-state index in [0.717, 1.165) is 34.3 Å². The van der Waals surface area contributed by atoms with Crippen molar-refractivity contribution in [2.75, 3.05) is 6.61 Å². The number of nitrogens with one attached hydrogen (secondary N) is 1. The first-order chi connectivity index (χ1) is 12.1. The summed E-state index contributed by atoms with van der Waals surface area (Å²) < 4.78 is 5.26. The van der Waals surface area contributed by atoms with Gasteiger partial charge in [0, 0.05) is 28.2 Å². The summed E-state index contributed by atoms with van der Waals surface area (Å²) in [5, 5.41) is 1.85. The van der Waals surface area contributed by atoms with Gasteiger partial charge < -0.3 is 9.72 Å². The Balaban J connectivity index is 1.46. The van der Waals surface area contributed by atoms with Gasteiger partial charge in [-0.3, -0.25) is 0 Å². The van der Waals surface area contributed by atoms with Crippen molar-refractivity contribution in [1.82, 2.24) is 4.98 Å². The molecule has 0 atom stereocenters. The van der Waals surface area contributed by atoms with E-state index in [9.17, 15) is 4.79 Å². The number of hydrogen-bond acceptors (Lipinski definition) is 2. The molecule has 3 rings (SSSR count). The number of fused-ring (bicyclic) bond motifs is 1. The molecule has 0 amide bonds. The third kappa shape index (κ3) is 4.74. The van der Waals surface area contributed by atoms with E-state index in [-0.39, 0.29) is 5.97 Å². The van der Waals surface area contributed by atoms with Crippen LogP contribution in [0, 0.1) is 6.92 Å². The lowest BCUT2D eigenvalue weighted by molar-refractivity contribution is -0.137. The molecular weight excluding hydrogens is 334 g/mol. The Morgan fingerprint density at radius 1 is 1.20 bits per heavy atom. The number of benzene rings is 2. The third-order valence-electron chi connectivity index (χ3n) is 4.05. The van der Waals surface area contributed by atoms with Gasteiger partial charge in [0.1, 0.15) is 0 Å². The molecule has 3 aromatic rings. The molecule has 3 nitrogen and oxygen atoms in total. The molecule has 2 aromatic carbocycles. The van der Waals surface area contributed by atoms with E-state index >= 15 is 0 Å². The van der Waals surface area contributed by atoms with Gasteiger partial charge in [0.25, 0.3) is 0 Å². The summed E-state index contributed by atoms with van der Waals surface area (Å²) in [7, 11) is 0. The third-order valence-corrected chi connectivity index (χ3v) is 4.29. The number of rotatable bonds is 6. The molecule has 0 saturated heterocycles. The van der Waals surface area contributed by atoms with E-state index in [4.69, 9.17) is 16.3 Å². The van der Waals surface area contributed by atoms with Crippen molar-refractivity contribution in [3.8, 4) is 0 Å². The van der Waals surface area contributed by atoms with E-state index in [1.54, 1.807) is 6.08 Å². The smallest absolute Gasteiger partial charge is 0.330 e. The minimum Gasteiger partial charge on any atom is -0.463 e. The van der Waals surface area contributed by atoms with Crippen LogP contribution < -0.4 is 0 Å². The van der Waals surface area contributed by atoms with Crippen LogP contribution in [0.2, 0.25) is 5.02 Å². The molecule has 128 valence electrons. The van der Waals surface area contributed by atoms with Crippen molar-refractivity contribution in [3.05, 3.63) is 76.5 Å². The summed E-state index contributed by atoms with van der Waals surface area (Å²) in [6, 6.07) is 13.8. The number of aromatic nitrogens is 1. The fourth-order valence-corrected chi connectivity index (χ4v) is 2.85. The molecule has 0 bridgehead atoms. The number of ether oxygens (including phenoxy) is 1. The molecule has 0 saturated carbocycles. The van der Waals surface area contributed by atoms with Gasteiger partial charge in [-0.2, -0.15) is 0 Å². The highest BCUT2D eigenvalue weighted by Gasteiger charge is 2.05. The number of aromatic amines is 1. The molecule has 1 aromatic heterocycles. The molecule has 1 N–H and O–H groups in total. The van der Waals surface area contributed by atoms with Crippen LogP contribution in [0.25, 0.3) is 17.0 Å². The minimum absolute atomic E-state index is 0.317. The Morgan fingerprint density at radius 3 is 2.80 bits per heavy atom. The summed E-state index contributed by atoms with van der Waals surface area (Å²) in [5.74, 6) is -0.317. The molecule has 0 aliphatic heterocycles. The average molecular weight is 354 g/mol. The van der Waals surface area contributed by atoms with Gasteiger partial charge in [0.2, 0.25) is 0 Å². The van der Waals surface area contributed by atoms with Crippen LogP contribution in [0.15, 0.2) is 54.7 Å². The summed E-state index contributed by atoms with van der Waals surface area (Å²) >= 11 is 6.05. The maximum Gasteiger partial charge on any atom is 0.330 e. The maximum absolute atomic E-state index is 11.8. The zero-order chi connectivity index (χ0) is 17.6. The van der Waals surface area contributed by atoms with Crippen molar-refractivity contribution in [2.45, 2.75) is 19.8 Å². The highest BCUT2D eigenvalue weighted by molar-refractivity contribution is 6.31. The Bertz CT molecular complexity index is 894. The number of carbonyl (C=O) groups is 1. The van der Waals surface area contributed by atoms with Crippen molar-refractivity contribution in [3.63, 3.8) is 0 Å². The number of esters is 1. The summed E-state index contributed by atoms with van der Waals surface area (Å²) in [5.41, 5.74) is 4.43. The Hall–Kier alpha value is -2.52. The van der Waals surface area contributed by atoms with E-state index in [1.807, 2.05) is 55.6 Å². The van der Waals surface area contributed by atoms with Gasteiger partial charge >= 0.3 is 5.97 Å². The normalized spacial score (nSPS) is 11.3. The monoisotopic (exact) mass is 353 g/mol. The second kappa shape index (κ2) is 8.04. The summed E-state index contributed by atoms with van der Waals surface area (Å²) in [6.45, 7) is 2.42. The Morgan fingerprint density at radius 2 is 2.00 bits per heavy atom. The standard InChI is InChI=1S/C21H20ClNO2/c1-15-4-6-16(7-5-15)8-11-21(24)25-12-2-3-17-14-23-20-10-9-18(22)13-19(17)20/h4-11,13-14,23H,2-3,12H2,1H3/b11-8+. The first kappa shape index (κ1) is 17.3. The number of halogens is 1. The van der Waals surface area contributed by atoms with Gasteiger partial charge in [-0.05, 0) is 55.2 Å². The zero-order valence-corrected chi connectivity index (χ0v) is 14.8. The lowest BCUT2D eigenvalue weighted by Gasteiger charge is -2.02. The molecule has 0 spiro atoms. The van der Waals surface area contributed by atoms with Gasteiger partial charge in [0.05, 0.1) is 6.61 Å². The predicted molar refractivity (Wildman–Crippen MR) is 103 cm³/mol. The zero-order valence-electron chi connectivity index (χ0n) is 14.1. The average Bonchev–Trinajstić information content (AvgIpc) is 3.00. The second-order valence-electron chi connectivity index (χ2n) is 6.02. The SMILES string of the molecule is Cc1ccc(/C=C/C(=O)OCCCc2c[nH]c3ccc(Cl)cc23)cc1. The van der Waals surface area contributed by atoms with Gasteiger partial charge in [-0.25, -0.2) is 4.79 Å². The van der Waals surface area contributed by atoms with Crippen molar-refractivity contribution < 1.29 is 9.53 Å². The first-order valence-electron chi connectivity index (χ1n) is 8.29. The van der Waals surface area contributed by atoms with Crippen LogP contribution in [0.3, 0.4) is 0 Å². The number of H-pyrrole nitrogens is 1. The van der Waals surface area contributed by atoms with Crippen LogP contribution in [0.4, 0.5) is 0 Å². The Kier molecular flexibility index (Phi) is 5.56. The van der Waals surface area contributed by atoms with E-state index in [0.29, 0.717) is 6.61 Å². The fraction of sp³-hybridized carbons (Fsp3) is 0.190. The lowest BCUT2D eigenvalue weighted by atomic mass is 10.1. The fourth-order valence-electron chi connectivity index (χ4n) is 2.68. The van der Waals surface area contributed by atoms with Crippen LogP contribution in [-0.2, 0) is 16.0 Å². The maximum atomic E-state index is 11.8. The molecule has 4 heteroatoms. The molecule has 0 radical (unpaired) electrons. The first-order valence-corrected chi connectivity index (χ1v) is 8.66. The largest absolute Gasteiger partial charge is 0.463 e. The van der Waals surface area contributed by atoms with Gasteiger partial charge in [-0.1, -0.05) is 41.4 Å². The van der Waals surface area contributed by atoms with Crippen LogP contribution in [-0.4, -0.2) is 17.6 Å². The lowest BCUT2D eigenvalue weighted by Crippen LogP contribution is -2.03. The van der Waals surface area contributed by atoms with Crippen LogP contribution in [0.1, 0.15) is 23.1 Å². The minimum atomic E-state index is -0.317.